The van der Waals surface area contributed by atoms with Gasteiger partial charge in [-0.2, -0.15) is 0 Å². The molecule has 32 heavy (non-hydrogen) atoms. The number of fused-ring (bicyclic) bond motifs is 1. The van der Waals surface area contributed by atoms with Crippen molar-refractivity contribution in [2.75, 3.05) is 6.61 Å². The summed E-state index contributed by atoms with van der Waals surface area (Å²) in [5, 5.41) is 3.47. The molecule has 2 aliphatic carbocycles. The van der Waals surface area contributed by atoms with Crippen molar-refractivity contribution in [1.82, 2.24) is 15.3 Å². The van der Waals surface area contributed by atoms with Crippen LogP contribution in [0.4, 0.5) is 0 Å². The highest BCUT2D eigenvalue weighted by Gasteiger charge is 2.68. The molecule has 1 amide bonds. The summed E-state index contributed by atoms with van der Waals surface area (Å²) in [6.07, 6.45) is 6.65. The second-order valence-electron chi connectivity index (χ2n) is 10.6. The summed E-state index contributed by atoms with van der Waals surface area (Å²) in [6, 6.07) is 10.4. The maximum atomic E-state index is 12.7. The van der Waals surface area contributed by atoms with Crippen LogP contribution >= 0.6 is 0 Å². The normalized spacial score (nSPS) is 32.5. The first-order chi connectivity index (χ1) is 15.3. The predicted octanol–water partition coefficient (Wildman–Crippen LogP) is 4.92. The van der Waals surface area contributed by atoms with Gasteiger partial charge in [0.2, 0.25) is 5.91 Å². The summed E-state index contributed by atoms with van der Waals surface area (Å²) >= 11 is 0. The van der Waals surface area contributed by atoms with E-state index >= 15 is 0 Å². The maximum absolute atomic E-state index is 12.7. The van der Waals surface area contributed by atoms with Gasteiger partial charge in [0, 0.05) is 31.0 Å². The topological polar surface area (TPSA) is 73.3 Å². The van der Waals surface area contributed by atoms with Gasteiger partial charge >= 0.3 is 6.01 Å². The molecule has 2 saturated carbocycles. The lowest BCUT2D eigenvalue weighted by Gasteiger charge is -2.53. The van der Waals surface area contributed by atoms with Crippen LogP contribution in [0, 0.1) is 28.6 Å². The number of carbonyl (C=O) groups excluding carboxylic acids is 1. The van der Waals surface area contributed by atoms with Gasteiger partial charge < -0.3 is 14.8 Å². The van der Waals surface area contributed by atoms with Crippen LogP contribution in [0.15, 0.2) is 42.7 Å². The zero-order valence-corrected chi connectivity index (χ0v) is 19.4. The van der Waals surface area contributed by atoms with Crippen LogP contribution in [0.3, 0.4) is 0 Å². The fraction of sp³-hybridized carbons (Fsp3) is 0.577. The van der Waals surface area contributed by atoms with Gasteiger partial charge in [0.15, 0.2) is 0 Å². The number of amides is 1. The van der Waals surface area contributed by atoms with Crippen LogP contribution in [-0.2, 0) is 9.53 Å². The van der Waals surface area contributed by atoms with E-state index in [9.17, 15) is 4.79 Å². The number of nitrogens with one attached hydrogen (secondary N) is 1. The number of benzene rings is 1. The van der Waals surface area contributed by atoms with Crippen LogP contribution in [-0.4, -0.2) is 28.5 Å². The molecule has 0 unspecified atom stereocenters. The summed E-state index contributed by atoms with van der Waals surface area (Å²) in [7, 11) is 0. The minimum absolute atomic E-state index is 0.00328. The Labute approximate surface area is 190 Å². The number of aromatic nitrogens is 2. The molecule has 5 atom stereocenters. The first-order valence-corrected chi connectivity index (χ1v) is 11.8. The molecule has 1 aliphatic heterocycles. The number of rotatable bonds is 5. The quantitative estimate of drug-likeness (QED) is 0.721. The highest BCUT2D eigenvalue weighted by atomic mass is 16.5. The molecule has 6 heteroatoms. The highest BCUT2D eigenvalue weighted by Crippen LogP contribution is 2.70. The largest absolute Gasteiger partial charge is 0.424 e. The summed E-state index contributed by atoms with van der Waals surface area (Å²) in [4.78, 5) is 21.1. The van der Waals surface area contributed by atoms with E-state index in [1.54, 1.807) is 18.5 Å². The van der Waals surface area contributed by atoms with Gasteiger partial charge in [-0.05, 0) is 65.7 Å². The van der Waals surface area contributed by atoms with Gasteiger partial charge in [0.05, 0.1) is 6.10 Å². The fourth-order valence-electron chi connectivity index (χ4n) is 6.62. The molecule has 1 aromatic heterocycles. The third-order valence-corrected chi connectivity index (χ3v) is 8.25. The lowest BCUT2D eigenvalue weighted by molar-refractivity contribution is -0.139. The van der Waals surface area contributed by atoms with E-state index in [0.717, 1.165) is 18.4 Å². The number of hydrogen-bond donors (Lipinski definition) is 1. The smallest absolute Gasteiger partial charge is 0.321 e. The molecule has 3 aliphatic rings. The molecule has 6 nitrogen and oxygen atoms in total. The van der Waals surface area contributed by atoms with Gasteiger partial charge in [-0.3, -0.25) is 4.79 Å². The Morgan fingerprint density at radius 3 is 2.75 bits per heavy atom. The van der Waals surface area contributed by atoms with E-state index in [2.05, 4.69) is 41.3 Å². The number of nitrogens with zero attached hydrogens (tertiary/aromatic N) is 2. The SMILES string of the molecule is CC(C)C(=O)N[C@H]1C(C)(C)[C@@H]2C[C@@H]3[C@@H](c4cccc(Oc5ncccn5)c4)OCC[C@@]31C2. The molecule has 2 aromatic rings. The van der Waals surface area contributed by atoms with Crippen molar-refractivity contribution >= 4 is 5.91 Å². The van der Waals surface area contributed by atoms with E-state index < -0.39 is 0 Å². The molecular weight excluding hydrogens is 402 g/mol. The first kappa shape index (κ1) is 21.4. The Morgan fingerprint density at radius 1 is 1.22 bits per heavy atom. The van der Waals surface area contributed by atoms with Gasteiger partial charge in [-0.25, -0.2) is 9.97 Å². The maximum Gasteiger partial charge on any atom is 0.321 e. The van der Waals surface area contributed by atoms with E-state index in [1.807, 2.05) is 26.0 Å². The second-order valence-corrected chi connectivity index (χ2v) is 10.6. The molecule has 170 valence electrons. The van der Waals surface area contributed by atoms with Gasteiger partial charge in [0.25, 0.3) is 0 Å². The third kappa shape index (κ3) is 3.40. The van der Waals surface area contributed by atoms with Crippen LogP contribution < -0.4 is 10.1 Å². The molecule has 5 rings (SSSR count). The Balaban J connectivity index is 1.43. The van der Waals surface area contributed by atoms with Crippen LogP contribution in [0.1, 0.15) is 58.6 Å². The van der Waals surface area contributed by atoms with Crippen LogP contribution in [0.5, 0.6) is 11.8 Å². The number of hydrogen-bond acceptors (Lipinski definition) is 5. The zero-order chi connectivity index (χ0) is 22.5. The minimum atomic E-state index is -0.00977. The summed E-state index contributed by atoms with van der Waals surface area (Å²) in [6.45, 7) is 9.34. The standard InChI is InChI=1S/C26H33N3O3/c1-16(2)22(30)29-23-25(3,4)18-14-20-21(31-12-9-26(20,23)15-18)17-7-5-8-19(13-17)32-24-27-10-6-11-28-24/h5-8,10-11,13,16,18,20-21,23H,9,12,14-15H2,1-4H3,(H,29,30)/t18-,20-,21-,23+,26-/m1/s1. The predicted molar refractivity (Wildman–Crippen MR) is 121 cm³/mol. The Hall–Kier alpha value is -2.47. The van der Waals surface area contributed by atoms with Crippen molar-refractivity contribution in [2.45, 2.75) is 59.1 Å². The Bertz CT molecular complexity index is 993. The van der Waals surface area contributed by atoms with Gasteiger partial charge in [-0.15, -0.1) is 0 Å². The van der Waals surface area contributed by atoms with Gasteiger partial charge in [0.1, 0.15) is 5.75 Å². The van der Waals surface area contributed by atoms with E-state index in [4.69, 9.17) is 9.47 Å². The Kier molecular flexibility index (Phi) is 5.24. The van der Waals surface area contributed by atoms with Crippen molar-refractivity contribution in [2.24, 2.45) is 28.6 Å². The highest BCUT2D eigenvalue weighted by molar-refractivity contribution is 5.78. The summed E-state index contributed by atoms with van der Waals surface area (Å²) < 4.78 is 12.3. The monoisotopic (exact) mass is 435 g/mol. The van der Waals surface area contributed by atoms with E-state index in [-0.39, 0.29) is 34.8 Å². The molecule has 1 saturated heterocycles. The van der Waals surface area contributed by atoms with Crippen molar-refractivity contribution in [3.05, 3.63) is 48.3 Å². The zero-order valence-electron chi connectivity index (χ0n) is 19.4. The van der Waals surface area contributed by atoms with Crippen molar-refractivity contribution in [3.63, 3.8) is 0 Å². The van der Waals surface area contributed by atoms with Gasteiger partial charge in [-0.1, -0.05) is 39.8 Å². The van der Waals surface area contributed by atoms with Crippen molar-refractivity contribution in [3.8, 4) is 11.8 Å². The molecule has 3 fully saturated rings. The fourth-order valence-corrected chi connectivity index (χ4v) is 6.62. The molecular formula is C26H33N3O3. The first-order valence-electron chi connectivity index (χ1n) is 11.8. The molecule has 2 heterocycles. The molecule has 0 radical (unpaired) electrons. The minimum Gasteiger partial charge on any atom is -0.424 e. The van der Waals surface area contributed by atoms with E-state index in [1.165, 1.54) is 6.42 Å². The van der Waals surface area contributed by atoms with Crippen LogP contribution in [0.2, 0.25) is 0 Å². The average molecular weight is 436 g/mol. The number of ether oxygens (including phenoxy) is 2. The average Bonchev–Trinajstić information content (AvgIpc) is 3.27. The molecule has 1 N–H and O–H groups in total. The molecule has 1 spiro atoms. The lowest BCUT2D eigenvalue weighted by Crippen LogP contribution is -2.59. The van der Waals surface area contributed by atoms with Crippen molar-refractivity contribution in [1.29, 1.82) is 0 Å². The summed E-state index contributed by atoms with van der Waals surface area (Å²) in [5.74, 6) is 1.83. The van der Waals surface area contributed by atoms with E-state index in [0.29, 0.717) is 30.2 Å². The lowest BCUT2D eigenvalue weighted by atomic mass is 9.58. The molecule has 1 aromatic carbocycles. The number of carbonyl (C=O) groups is 1. The Morgan fingerprint density at radius 2 is 2.00 bits per heavy atom. The van der Waals surface area contributed by atoms with Crippen molar-refractivity contribution < 1.29 is 14.3 Å². The van der Waals surface area contributed by atoms with Crippen LogP contribution in [0.25, 0.3) is 0 Å². The summed E-state index contributed by atoms with van der Waals surface area (Å²) in [5.41, 5.74) is 1.31. The molecule has 2 bridgehead atoms. The second kappa shape index (κ2) is 7.84. The third-order valence-electron chi connectivity index (χ3n) is 8.25.